The quantitative estimate of drug-likeness (QED) is 0.216. The molecule has 0 unspecified atom stereocenters. The summed E-state index contributed by atoms with van der Waals surface area (Å²) in [5, 5.41) is 11.9. The number of H-pyrrole nitrogens is 1. The summed E-state index contributed by atoms with van der Waals surface area (Å²) >= 11 is 1.60. The van der Waals surface area contributed by atoms with Crippen molar-refractivity contribution < 1.29 is 9.59 Å². The maximum atomic E-state index is 12.9. The van der Waals surface area contributed by atoms with Crippen LogP contribution in [0.5, 0.6) is 0 Å². The Bertz CT molecular complexity index is 1480. The Morgan fingerprint density at radius 1 is 1.08 bits per heavy atom. The second-order valence-electron chi connectivity index (χ2n) is 8.70. The third-order valence-corrected chi connectivity index (χ3v) is 7.17. The molecule has 0 aliphatic carbocycles. The van der Waals surface area contributed by atoms with Gasteiger partial charge in [-0.05, 0) is 44.7 Å². The molecule has 4 aromatic rings. The van der Waals surface area contributed by atoms with Gasteiger partial charge in [0.1, 0.15) is 5.01 Å². The van der Waals surface area contributed by atoms with Crippen LogP contribution in [0.3, 0.4) is 0 Å². The molecule has 8 heteroatoms. The van der Waals surface area contributed by atoms with Crippen molar-refractivity contribution in [1.82, 2.24) is 20.6 Å². The van der Waals surface area contributed by atoms with Gasteiger partial charge in [0.15, 0.2) is 0 Å². The molecule has 0 radical (unpaired) electrons. The van der Waals surface area contributed by atoms with E-state index in [2.05, 4.69) is 20.9 Å². The van der Waals surface area contributed by atoms with Crippen LogP contribution in [0.15, 0.2) is 53.9 Å². The number of nitrogens with zero attached hydrogens (tertiary/aromatic N) is 1. The van der Waals surface area contributed by atoms with Crippen molar-refractivity contribution in [2.24, 2.45) is 0 Å². The lowest BCUT2D eigenvalue weighted by Gasteiger charge is -2.05. The van der Waals surface area contributed by atoms with Crippen LogP contribution in [0.1, 0.15) is 32.9 Å². The minimum absolute atomic E-state index is 0.127. The molecule has 7 nitrogen and oxygen atoms in total. The lowest BCUT2D eigenvalue weighted by molar-refractivity contribution is -0.110. The summed E-state index contributed by atoms with van der Waals surface area (Å²) in [4.78, 5) is 33.7. The molecule has 2 amide bonds. The van der Waals surface area contributed by atoms with E-state index in [0.717, 1.165) is 50.0 Å². The summed E-state index contributed by atoms with van der Waals surface area (Å²) in [6.45, 7) is 5.00. The minimum Gasteiger partial charge on any atom is -0.358 e. The monoisotopic (exact) mass is 497 g/mol. The van der Waals surface area contributed by atoms with E-state index in [0.29, 0.717) is 24.2 Å². The number of thiazole rings is 1. The molecule has 0 saturated carbocycles. The van der Waals surface area contributed by atoms with E-state index in [1.54, 1.807) is 11.3 Å². The van der Waals surface area contributed by atoms with Crippen LogP contribution < -0.4 is 16.0 Å². The molecule has 2 aromatic heterocycles. The topological polar surface area (TPSA) is 98.9 Å². The van der Waals surface area contributed by atoms with Crippen molar-refractivity contribution >= 4 is 40.5 Å². The standard InChI is InChI=1S/C28H27N5O2S/c1-16-23(31-17(2)25(16)27(35)30-12-11-29-3)14-21-20-13-19(9-10-22(20)32-26(21)34)24-15-36-28(33-24)18-7-5-4-6-8-18/h4-10,13-15,29,31H,11-12H2,1-3H3,(H,30,35)(H,32,34)/b21-14-. The molecule has 0 fully saturated rings. The van der Waals surface area contributed by atoms with Crippen molar-refractivity contribution in [1.29, 1.82) is 0 Å². The summed E-state index contributed by atoms with van der Waals surface area (Å²) in [6, 6.07) is 16.0. The van der Waals surface area contributed by atoms with E-state index in [1.807, 2.05) is 80.9 Å². The highest BCUT2D eigenvalue weighted by molar-refractivity contribution is 7.13. The Balaban J connectivity index is 1.47. The number of amides is 2. The average molecular weight is 498 g/mol. The second-order valence-corrected chi connectivity index (χ2v) is 9.56. The number of benzene rings is 2. The van der Waals surface area contributed by atoms with Gasteiger partial charge >= 0.3 is 0 Å². The molecule has 2 aromatic carbocycles. The normalized spacial score (nSPS) is 13.6. The highest BCUT2D eigenvalue weighted by Crippen LogP contribution is 2.38. The summed E-state index contributed by atoms with van der Waals surface area (Å²) < 4.78 is 0. The fourth-order valence-electron chi connectivity index (χ4n) is 4.40. The van der Waals surface area contributed by atoms with Gasteiger partial charge in [-0.25, -0.2) is 4.98 Å². The van der Waals surface area contributed by atoms with Crippen LogP contribution in [-0.2, 0) is 4.79 Å². The Morgan fingerprint density at radius 2 is 1.89 bits per heavy atom. The molecular formula is C28H27N5O2S. The number of aryl methyl sites for hydroxylation is 1. The van der Waals surface area contributed by atoms with Gasteiger partial charge in [0, 0.05) is 52.2 Å². The number of anilines is 1. The highest BCUT2D eigenvalue weighted by Gasteiger charge is 2.26. The first-order valence-corrected chi connectivity index (χ1v) is 12.6. The Morgan fingerprint density at radius 3 is 2.67 bits per heavy atom. The van der Waals surface area contributed by atoms with Gasteiger partial charge in [-0.3, -0.25) is 9.59 Å². The van der Waals surface area contributed by atoms with Gasteiger partial charge in [-0.15, -0.1) is 11.3 Å². The zero-order valence-corrected chi connectivity index (χ0v) is 21.2. The van der Waals surface area contributed by atoms with Gasteiger partial charge < -0.3 is 20.9 Å². The summed E-state index contributed by atoms with van der Waals surface area (Å²) in [5.41, 5.74) is 7.96. The number of carbonyl (C=O) groups excluding carboxylic acids is 2. The Kier molecular flexibility index (Phi) is 6.54. The van der Waals surface area contributed by atoms with Gasteiger partial charge in [-0.1, -0.05) is 36.4 Å². The van der Waals surface area contributed by atoms with E-state index in [1.165, 1.54) is 0 Å². The number of hydrogen-bond acceptors (Lipinski definition) is 5. The first-order chi connectivity index (χ1) is 17.5. The van der Waals surface area contributed by atoms with E-state index >= 15 is 0 Å². The van der Waals surface area contributed by atoms with Crippen LogP contribution in [-0.4, -0.2) is 41.9 Å². The number of fused-ring (bicyclic) bond motifs is 1. The van der Waals surface area contributed by atoms with Crippen molar-refractivity contribution in [3.05, 3.63) is 82.0 Å². The second kappa shape index (κ2) is 9.93. The summed E-state index contributed by atoms with van der Waals surface area (Å²) in [5.74, 6) is -0.297. The van der Waals surface area contributed by atoms with E-state index in [9.17, 15) is 9.59 Å². The Hall–Kier alpha value is -4.01. The number of likely N-dealkylation sites (N-methyl/N-ethyl adjacent to an activating group) is 1. The van der Waals surface area contributed by atoms with Crippen LogP contribution in [0, 0.1) is 13.8 Å². The minimum atomic E-state index is -0.169. The van der Waals surface area contributed by atoms with Gasteiger partial charge in [0.25, 0.3) is 11.8 Å². The van der Waals surface area contributed by atoms with Crippen LogP contribution >= 0.6 is 11.3 Å². The lowest BCUT2D eigenvalue weighted by atomic mass is 10.0. The van der Waals surface area contributed by atoms with Crippen LogP contribution in [0.2, 0.25) is 0 Å². The first kappa shape index (κ1) is 23.7. The fraction of sp³-hybridized carbons (Fsp3) is 0.179. The van der Waals surface area contributed by atoms with Gasteiger partial charge in [0.2, 0.25) is 0 Å². The molecule has 0 bridgehead atoms. The van der Waals surface area contributed by atoms with Crippen molar-refractivity contribution in [3.8, 4) is 21.8 Å². The fourth-order valence-corrected chi connectivity index (χ4v) is 5.24. The predicted molar refractivity (Wildman–Crippen MR) is 146 cm³/mol. The maximum Gasteiger partial charge on any atom is 0.256 e. The van der Waals surface area contributed by atoms with Crippen LogP contribution in [0.4, 0.5) is 5.69 Å². The van der Waals surface area contributed by atoms with Crippen molar-refractivity contribution in [2.75, 3.05) is 25.5 Å². The van der Waals surface area contributed by atoms with Gasteiger partial charge in [0.05, 0.1) is 16.8 Å². The molecule has 1 aliphatic rings. The zero-order chi connectivity index (χ0) is 25.2. The molecular weight excluding hydrogens is 470 g/mol. The first-order valence-electron chi connectivity index (χ1n) is 11.8. The predicted octanol–water partition coefficient (Wildman–Crippen LogP) is 4.86. The van der Waals surface area contributed by atoms with E-state index in [-0.39, 0.29) is 11.8 Å². The number of rotatable bonds is 7. The number of nitrogens with one attached hydrogen (secondary N) is 4. The third-order valence-electron chi connectivity index (χ3n) is 6.28. The number of aromatic nitrogens is 2. The maximum absolute atomic E-state index is 12.9. The van der Waals surface area contributed by atoms with E-state index < -0.39 is 0 Å². The summed E-state index contributed by atoms with van der Waals surface area (Å²) in [7, 11) is 1.84. The molecule has 0 saturated heterocycles. The zero-order valence-electron chi connectivity index (χ0n) is 20.4. The molecule has 182 valence electrons. The highest BCUT2D eigenvalue weighted by atomic mass is 32.1. The molecule has 0 atom stereocenters. The smallest absolute Gasteiger partial charge is 0.256 e. The Labute approximate surface area is 213 Å². The van der Waals surface area contributed by atoms with Crippen molar-refractivity contribution in [2.45, 2.75) is 13.8 Å². The largest absolute Gasteiger partial charge is 0.358 e. The van der Waals surface area contributed by atoms with E-state index in [4.69, 9.17) is 4.98 Å². The third kappa shape index (κ3) is 4.48. The van der Waals surface area contributed by atoms with Crippen molar-refractivity contribution in [3.63, 3.8) is 0 Å². The average Bonchev–Trinajstić information content (AvgIpc) is 3.56. The lowest BCUT2D eigenvalue weighted by Crippen LogP contribution is -2.30. The number of hydrogen-bond donors (Lipinski definition) is 4. The number of carbonyl (C=O) groups is 2. The molecule has 3 heterocycles. The number of aromatic amines is 1. The van der Waals surface area contributed by atoms with Crippen LogP contribution in [0.25, 0.3) is 33.5 Å². The SMILES string of the molecule is CNCCNC(=O)c1c(C)[nH]c(/C=C2\C(=O)Nc3ccc(-c4csc(-c5ccccc5)n4)cc32)c1C. The molecule has 5 rings (SSSR count). The summed E-state index contributed by atoms with van der Waals surface area (Å²) in [6.07, 6.45) is 1.83. The molecule has 0 spiro atoms. The van der Waals surface area contributed by atoms with Gasteiger partial charge in [-0.2, -0.15) is 0 Å². The molecule has 4 N–H and O–H groups in total. The molecule has 1 aliphatic heterocycles. The molecule has 36 heavy (non-hydrogen) atoms.